The van der Waals surface area contributed by atoms with Gasteiger partial charge in [0.05, 0.1) is 23.2 Å². The van der Waals surface area contributed by atoms with Crippen LogP contribution >= 0.6 is 0 Å². The van der Waals surface area contributed by atoms with Gasteiger partial charge in [-0.2, -0.15) is 0 Å². The van der Waals surface area contributed by atoms with Crippen LogP contribution < -0.4 is 5.32 Å². The van der Waals surface area contributed by atoms with E-state index < -0.39 is 18.2 Å². The van der Waals surface area contributed by atoms with Crippen LogP contribution in [0.25, 0.3) is 0 Å². The standard InChI is InChI=1S/C13H14N2O4/c1-7(14-13(18)19)8(2)15-11(16)9-5-3-4-6-10(9)12(15)17/h3-8,14H,1-2H3,(H,18,19)/t7-,8?/m1/s1. The third-order valence-electron chi connectivity index (χ3n) is 3.31. The minimum atomic E-state index is -1.18. The van der Waals surface area contributed by atoms with Crippen molar-refractivity contribution >= 4 is 17.9 Å². The van der Waals surface area contributed by atoms with Crippen molar-refractivity contribution in [2.45, 2.75) is 25.9 Å². The topological polar surface area (TPSA) is 86.7 Å². The van der Waals surface area contributed by atoms with Gasteiger partial charge in [0.2, 0.25) is 0 Å². The lowest BCUT2D eigenvalue weighted by Gasteiger charge is -2.27. The molecule has 6 heteroatoms. The zero-order valence-electron chi connectivity index (χ0n) is 10.6. The minimum Gasteiger partial charge on any atom is -0.465 e. The molecule has 1 unspecified atom stereocenters. The SMILES string of the molecule is CC([C@@H](C)NC(=O)O)N1C(=O)c2ccccc2C1=O. The lowest BCUT2D eigenvalue weighted by atomic mass is 10.1. The Morgan fingerprint density at radius 1 is 1.16 bits per heavy atom. The highest BCUT2D eigenvalue weighted by atomic mass is 16.4. The molecule has 2 rings (SSSR count). The Bertz CT molecular complexity index is 520. The van der Waals surface area contributed by atoms with Crippen LogP contribution in [0.2, 0.25) is 0 Å². The number of carboxylic acid groups (broad SMARTS) is 1. The van der Waals surface area contributed by atoms with Crippen LogP contribution in [-0.4, -0.2) is 40.0 Å². The summed E-state index contributed by atoms with van der Waals surface area (Å²) in [5, 5.41) is 10.9. The zero-order valence-corrected chi connectivity index (χ0v) is 10.6. The molecule has 6 nitrogen and oxygen atoms in total. The summed E-state index contributed by atoms with van der Waals surface area (Å²) in [6.07, 6.45) is -1.18. The van der Waals surface area contributed by atoms with Gasteiger partial charge in [-0.15, -0.1) is 0 Å². The number of amides is 3. The Morgan fingerprint density at radius 3 is 2.05 bits per heavy atom. The van der Waals surface area contributed by atoms with Crippen LogP contribution in [0, 0.1) is 0 Å². The van der Waals surface area contributed by atoms with E-state index in [2.05, 4.69) is 5.32 Å². The fraction of sp³-hybridized carbons (Fsp3) is 0.308. The summed E-state index contributed by atoms with van der Waals surface area (Å²) in [5.74, 6) is -0.765. The highest BCUT2D eigenvalue weighted by molar-refractivity contribution is 6.21. The van der Waals surface area contributed by atoms with E-state index in [1.54, 1.807) is 38.1 Å². The maximum absolute atomic E-state index is 12.2. The largest absolute Gasteiger partial charge is 0.465 e. The number of hydrogen-bond donors (Lipinski definition) is 2. The molecule has 0 fully saturated rings. The number of fused-ring (bicyclic) bond motifs is 1. The first kappa shape index (κ1) is 13.1. The van der Waals surface area contributed by atoms with E-state index in [-0.39, 0.29) is 11.8 Å². The lowest BCUT2D eigenvalue weighted by molar-refractivity contribution is 0.0566. The van der Waals surface area contributed by atoms with Gasteiger partial charge in [0, 0.05) is 0 Å². The van der Waals surface area contributed by atoms with Gasteiger partial charge in [-0.1, -0.05) is 12.1 Å². The number of carbonyl (C=O) groups is 3. The van der Waals surface area contributed by atoms with Gasteiger partial charge in [0.15, 0.2) is 0 Å². The average molecular weight is 262 g/mol. The molecule has 0 radical (unpaired) electrons. The van der Waals surface area contributed by atoms with E-state index in [0.29, 0.717) is 11.1 Å². The van der Waals surface area contributed by atoms with Gasteiger partial charge < -0.3 is 10.4 Å². The van der Waals surface area contributed by atoms with Crippen LogP contribution in [-0.2, 0) is 0 Å². The van der Waals surface area contributed by atoms with Gasteiger partial charge >= 0.3 is 6.09 Å². The van der Waals surface area contributed by atoms with Crippen LogP contribution in [0.15, 0.2) is 24.3 Å². The summed E-state index contributed by atoms with van der Waals surface area (Å²) in [6.45, 7) is 3.25. The molecule has 19 heavy (non-hydrogen) atoms. The van der Waals surface area contributed by atoms with Crippen LogP contribution in [0.5, 0.6) is 0 Å². The van der Waals surface area contributed by atoms with Crippen molar-refractivity contribution in [2.75, 3.05) is 0 Å². The maximum atomic E-state index is 12.2. The predicted molar refractivity (Wildman–Crippen MR) is 67.0 cm³/mol. The fourth-order valence-corrected chi connectivity index (χ4v) is 2.12. The summed E-state index contributed by atoms with van der Waals surface area (Å²) in [5.41, 5.74) is 0.726. The molecule has 1 aliphatic rings. The monoisotopic (exact) mass is 262 g/mol. The molecule has 1 aliphatic heterocycles. The van der Waals surface area contributed by atoms with Gasteiger partial charge in [-0.25, -0.2) is 4.79 Å². The molecule has 0 spiro atoms. The molecule has 1 heterocycles. The zero-order chi connectivity index (χ0) is 14.2. The second-order valence-electron chi connectivity index (χ2n) is 4.50. The van der Waals surface area contributed by atoms with E-state index in [1.807, 2.05) is 0 Å². The Balaban J connectivity index is 2.26. The number of hydrogen-bond acceptors (Lipinski definition) is 3. The van der Waals surface area contributed by atoms with E-state index in [9.17, 15) is 14.4 Å². The quantitative estimate of drug-likeness (QED) is 0.804. The second kappa shape index (κ2) is 4.72. The first-order valence-electron chi connectivity index (χ1n) is 5.90. The molecule has 2 N–H and O–H groups in total. The number of nitrogens with one attached hydrogen (secondary N) is 1. The normalized spacial score (nSPS) is 17.1. The summed E-state index contributed by atoms with van der Waals surface area (Å²) < 4.78 is 0. The molecule has 1 aromatic rings. The van der Waals surface area contributed by atoms with Crippen LogP contribution in [0.4, 0.5) is 4.79 Å². The summed E-state index contributed by atoms with van der Waals surface area (Å²) in [6, 6.07) is 5.48. The molecule has 0 saturated carbocycles. The number of carbonyl (C=O) groups excluding carboxylic acids is 2. The Labute approximate surface area is 110 Å². The summed E-state index contributed by atoms with van der Waals surface area (Å²) >= 11 is 0. The Morgan fingerprint density at radius 2 is 1.63 bits per heavy atom. The first-order chi connectivity index (χ1) is 8.93. The third-order valence-corrected chi connectivity index (χ3v) is 3.31. The molecule has 100 valence electrons. The third kappa shape index (κ3) is 2.16. The number of benzene rings is 1. The summed E-state index contributed by atoms with van der Waals surface area (Å²) in [4.78, 5) is 36.1. The van der Waals surface area contributed by atoms with Crippen molar-refractivity contribution in [1.82, 2.24) is 10.2 Å². The van der Waals surface area contributed by atoms with Crippen molar-refractivity contribution in [3.8, 4) is 0 Å². The van der Waals surface area contributed by atoms with Crippen molar-refractivity contribution in [1.29, 1.82) is 0 Å². The Hall–Kier alpha value is -2.37. The molecule has 2 atom stereocenters. The molecular weight excluding hydrogens is 248 g/mol. The molecule has 0 aliphatic carbocycles. The van der Waals surface area contributed by atoms with Crippen LogP contribution in [0.1, 0.15) is 34.6 Å². The van der Waals surface area contributed by atoms with Gasteiger partial charge in [0.25, 0.3) is 11.8 Å². The smallest absolute Gasteiger partial charge is 0.404 e. The van der Waals surface area contributed by atoms with Crippen molar-refractivity contribution in [3.05, 3.63) is 35.4 Å². The molecule has 0 bridgehead atoms. The molecule has 0 saturated heterocycles. The highest BCUT2D eigenvalue weighted by Crippen LogP contribution is 2.25. The van der Waals surface area contributed by atoms with Crippen LogP contribution in [0.3, 0.4) is 0 Å². The van der Waals surface area contributed by atoms with Crippen molar-refractivity contribution in [2.24, 2.45) is 0 Å². The van der Waals surface area contributed by atoms with Gasteiger partial charge in [0.1, 0.15) is 0 Å². The fourth-order valence-electron chi connectivity index (χ4n) is 2.12. The van der Waals surface area contributed by atoms with E-state index >= 15 is 0 Å². The molecular formula is C13H14N2O4. The average Bonchev–Trinajstić information content (AvgIpc) is 2.61. The number of nitrogens with zero attached hydrogens (tertiary/aromatic N) is 1. The number of imide groups is 1. The van der Waals surface area contributed by atoms with E-state index in [1.165, 1.54) is 0 Å². The van der Waals surface area contributed by atoms with E-state index in [4.69, 9.17) is 5.11 Å². The summed E-state index contributed by atoms with van der Waals surface area (Å²) in [7, 11) is 0. The van der Waals surface area contributed by atoms with Crippen molar-refractivity contribution < 1.29 is 19.5 Å². The first-order valence-corrected chi connectivity index (χ1v) is 5.90. The minimum absolute atomic E-state index is 0.363. The van der Waals surface area contributed by atoms with Crippen molar-refractivity contribution in [3.63, 3.8) is 0 Å². The molecule has 3 amide bonds. The molecule has 1 aromatic carbocycles. The predicted octanol–water partition coefficient (Wildman–Crippen LogP) is 1.33. The van der Waals surface area contributed by atoms with E-state index in [0.717, 1.165) is 4.90 Å². The molecule has 0 aromatic heterocycles. The maximum Gasteiger partial charge on any atom is 0.404 e. The Kier molecular flexibility index (Phi) is 3.25. The number of rotatable bonds is 3. The van der Waals surface area contributed by atoms with Gasteiger partial charge in [-0.05, 0) is 26.0 Å². The van der Waals surface area contributed by atoms with Gasteiger partial charge in [-0.3, -0.25) is 14.5 Å². The second-order valence-corrected chi connectivity index (χ2v) is 4.50. The lowest BCUT2D eigenvalue weighted by Crippen LogP contribution is -2.50. The highest BCUT2D eigenvalue weighted by Gasteiger charge is 2.39.